The van der Waals surface area contributed by atoms with Crippen LogP contribution in [0.4, 0.5) is 0 Å². The molecule has 0 saturated carbocycles. The summed E-state index contributed by atoms with van der Waals surface area (Å²) in [5, 5.41) is 4.52. The van der Waals surface area contributed by atoms with Crippen LogP contribution in [0.25, 0.3) is 5.57 Å². The molecule has 5 heteroatoms. The Morgan fingerprint density at radius 3 is 3.27 bits per heavy atom. The summed E-state index contributed by atoms with van der Waals surface area (Å²) in [4.78, 5) is 13.5. The number of thioether (sulfide) groups is 1. The van der Waals surface area contributed by atoms with Gasteiger partial charge in [0.1, 0.15) is 6.26 Å². The van der Waals surface area contributed by atoms with Gasteiger partial charge in [-0.2, -0.15) is 0 Å². The van der Waals surface area contributed by atoms with Gasteiger partial charge in [0.2, 0.25) is 0 Å². The maximum atomic E-state index is 4.98. The molecule has 2 heterocycles. The first-order valence-electron chi connectivity index (χ1n) is 4.64. The average molecular weight is 221 g/mol. The Kier molecular flexibility index (Phi) is 3.34. The van der Waals surface area contributed by atoms with Gasteiger partial charge in [-0.15, -0.1) is 0 Å². The van der Waals surface area contributed by atoms with E-state index in [2.05, 4.69) is 15.1 Å². The summed E-state index contributed by atoms with van der Waals surface area (Å²) in [6.07, 6.45) is 8.91. The first-order valence-corrected chi connectivity index (χ1v) is 5.87. The van der Waals surface area contributed by atoms with Crippen molar-refractivity contribution in [2.75, 3.05) is 6.26 Å². The molecule has 0 saturated heterocycles. The lowest BCUT2D eigenvalue weighted by molar-refractivity contribution is 0.272. The second-order valence-electron chi connectivity index (χ2n) is 3.00. The SMILES string of the molecule is CSc1nccc(C2=CON=CCC2)n1. The quantitative estimate of drug-likeness (QED) is 0.568. The lowest BCUT2D eigenvalue weighted by Crippen LogP contribution is -1.93. The highest BCUT2D eigenvalue weighted by Crippen LogP contribution is 2.20. The predicted octanol–water partition coefficient (Wildman–Crippen LogP) is 2.34. The summed E-state index contributed by atoms with van der Waals surface area (Å²) in [6, 6.07) is 1.89. The fraction of sp³-hybridized carbons (Fsp3) is 0.300. The summed E-state index contributed by atoms with van der Waals surface area (Å²) < 4.78 is 0. The van der Waals surface area contributed by atoms with Gasteiger partial charge in [0, 0.05) is 18.0 Å². The molecule has 1 aromatic heterocycles. The fourth-order valence-electron chi connectivity index (χ4n) is 1.28. The molecular weight excluding hydrogens is 210 g/mol. The van der Waals surface area contributed by atoms with E-state index in [0.717, 1.165) is 29.3 Å². The molecule has 0 unspecified atom stereocenters. The number of hydrogen-bond donors (Lipinski definition) is 0. The molecule has 0 spiro atoms. The number of hydrogen-bond acceptors (Lipinski definition) is 5. The topological polar surface area (TPSA) is 47.4 Å². The van der Waals surface area contributed by atoms with Crippen LogP contribution in [-0.4, -0.2) is 22.4 Å². The monoisotopic (exact) mass is 221 g/mol. The molecule has 0 bridgehead atoms. The molecule has 78 valence electrons. The Hall–Kier alpha value is -1.36. The van der Waals surface area contributed by atoms with Crippen molar-refractivity contribution in [3.05, 3.63) is 24.2 Å². The molecule has 15 heavy (non-hydrogen) atoms. The predicted molar refractivity (Wildman–Crippen MR) is 60.6 cm³/mol. The van der Waals surface area contributed by atoms with E-state index in [-0.39, 0.29) is 0 Å². The van der Waals surface area contributed by atoms with Crippen LogP contribution < -0.4 is 0 Å². The summed E-state index contributed by atoms with van der Waals surface area (Å²) in [5.74, 6) is 0. The van der Waals surface area contributed by atoms with E-state index in [1.807, 2.05) is 12.3 Å². The minimum absolute atomic E-state index is 0.776. The van der Waals surface area contributed by atoms with Crippen LogP contribution in [0.5, 0.6) is 0 Å². The van der Waals surface area contributed by atoms with Crippen molar-refractivity contribution in [3.63, 3.8) is 0 Å². The Bertz CT molecular complexity index is 403. The molecular formula is C10H11N3OS. The summed E-state index contributed by atoms with van der Waals surface area (Å²) in [5.41, 5.74) is 1.98. The number of rotatable bonds is 2. The Morgan fingerprint density at radius 2 is 2.40 bits per heavy atom. The van der Waals surface area contributed by atoms with Crippen LogP contribution >= 0.6 is 11.8 Å². The first kappa shape index (κ1) is 10.2. The van der Waals surface area contributed by atoms with Crippen LogP contribution in [0.15, 0.2) is 28.8 Å². The normalized spacial score (nSPS) is 15.4. The fourth-order valence-corrected chi connectivity index (χ4v) is 1.63. The molecule has 2 rings (SSSR count). The minimum atomic E-state index is 0.776. The third-order valence-electron chi connectivity index (χ3n) is 2.02. The van der Waals surface area contributed by atoms with E-state index in [0.29, 0.717) is 0 Å². The number of allylic oxidation sites excluding steroid dienone is 1. The first-order chi connectivity index (χ1) is 7.40. The van der Waals surface area contributed by atoms with Gasteiger partial charge in [-0.3, -0.25) is 0 Å². The van der Waals surface area contributed by atoms with Crippen molar-refractivity contribution in [3.8, 4) is 0 Å². The van der Waals surface area contributed by atoms with E-state index in [1.54, 1.807) is 18.7 Å². The van der Waals surface area contributed by atoms with Gasteiger partial charge < -0.3 is 4.84 Å². The molecule has 1 aliphatic heterocycles. The molecule has 4 nitrogen and oxygen atoms in total. The highest BCUT2D eigenvalue weighted by atomic mass is 32.2. The average Bonchev–Trinajstić information content (AvgIpc) is 2.58. The van der Waals surface area contributed by atoms with Gasteiger partial charge in [0.15, 0.2) is 5.16 Å². The van der Waals surface area contributed by atoms with E-state index in [4.69, 9.17) is 4.84 Å². The molecule has 0 fully saturated rings. The molecule has 1 aromatic rings. The highest BCUT2D eigenvalue weighted by Gasteiger charge is 2.07. The molecule has 1 aliphatic rings. The van der Waals surface area contributed by atoms with Crippen molar-refractivity contribution in [1.82, 2.24) is 9.97 Å². The maximum Gasteiger partial charge on any atom is 0.187 e. The zero-order valence-electron chi connectivity index (χ0n) is 8.38. The molecule has 0 N–H and O–H groups in total. The van der Waals surface area contributed by atoms with Gasteiger partial charge >= 0.3 is 0 Å². The van der Waals surface area contributed by atoms with E-state index >= 15 is 0 Å². The smallest absolute Gasteiger partial charge is 0.187 e. The van der Waals surface area contributed by atoms with Gasteiger partial charge in [-0.1, -0.05) is 16.9 Å². The van der Waals surface area contributed by atoms with Crippen molar-refractivity contribution in [1.29, 1.82) is 0 Å². The maximum absolute atomic E-state index is 4.98. The van der Waals surface area contributed by atoms with E-state index < -0.39 is 0 Å². The lowest BCUT2D eigenvalue weighted by Gasteiger charge is -2.03. The molecule has 0 amide bonds. The molecule has 0 atom stereocenters. The zero-order valence-corrected chi connectivity index (χ0v) is 9.20. The van der Waals surface area contributed by atoms with Crippen molar-refractivity contribution in [2.45, 2.75) is 18.0 Å². The third-order valence-corrected chi connectivity index (χ3v) is 2.58. The van der Waals surface area contributed by atoms with Crippen LogP contribution in [0, 0.1) is 0 Å². The molecule has 0 radical (unpaired) electrons. The Balaban J connectivity index is 2.24. The number of aromatic nitrogens is 2. The van der Waals surface area contributed by atoms with Crippen LogP contribution in [0.3, 0.4) is 0 Å². The number of oxime groups is 1. The standard InChI is InChI=1S/C10H11N3OS/c1-15-10-11-6-4-9(13-10)8-3-2-5-12-14-7-8/h4-7H,2-3H2,1H3. The van der Waals surface area contributed by atoms with Gasteiger partial charge in [0.05, 0.1) is 5.69 Å². The van der Waals surface area contributed by atoms with Gasteiger partial charge in [-0.25, -0.2) is 9.97 Å². The van der Waals surface area contributed by atoms with Crippen molar-refractivity contribution >= 4 is 23.5 Å². The highest BCUT2D eigenvalue weighted by molar-refractivity contribution is 7.98. The van der Waals surface area contributed by atoms with Gasteiger partial charge in [-0.05, 0) is 25.2 Å². The summed E-state index contributed by atoms with van der Waals surface area (Å²) in [6.45, 7) is 0. The molecule has 0 aromatic carbocycles. The zero-order chi connectivity index (χ0) is 10.5. The lowest BCUT2D eigenvalue weighted by atomic mass is 10.1. The Labute approximate surface area is 92.5 Å². The van der Waals surface area contributed by atoms with Crippen LogP contribution in [-0.2, 0) is 4.84 Å². The molecule has 0 aliphatic carbocycles. The van der Waals surface area contributed by atoms with Crippen LogP contribution in [0.2, 0.25) is 0 Å². The number of nitrogens with zero attached hydrogens (tertiary/aromatic N) is 3. The second kappa shape index (κ2) is 4.93. The largest absolute Gasteiger partial charge is 0.365 e. The van der Waals surface area contributed by atoms with Crippen molar-refractivity contribution in [2.24, 2.45) is 5.16 Å². The second-order valence-corrected chi connectivity index (χ2v) is 3.78. The van der Waals surface area contributed by atoms with Gasteiger partial charge in [0.25, 0.3) is 0 Å². The summed E-state index contributed by atoms with van der Waals surface area (Å²) >= 11 is 1.53. The van der Waals surface area contributed by atoms with E-state index in [1.165, 1.54) is 11.8 Å². The Morgan fingerprint density at radius 1 is 1.47 bits per heavy atom. The van der Waals surface area contributed by atoms with E-state index in [9.17, 15) is 0 Å². The minimum Gasteiger partial charge on any atom is -0.365 e. The summed E-state index contributed by atoms with van der Waals surface area (Å²) in [7, 11) is 0. The van der Waals surface area contributed by atoms with Crippen molar-refractivity contribution < 1.29 is 4.84 Å². The van der Waals surface area contributed by atoms with Crippen LogP contribution in [0.1, 0.15) is 18.5 Å². The third kappa shape index (κ3) is 2.56.